The molecule has 4 aromatic rings. The summed E-state index contributed by atoms with van der Waals surface area (Å²) >= 11 is 5.15. The summed E-state index contributed by atoms with van der Waals surface area (Å²) in [6, 6.07) is 36.0. The van der Waals surface area contributed by atoms with E-state index in [1.54, 1.807) is 11.8 Å². The molecule has 0 unspecified atom stereocenters. The van der Waals surface area contributed by atoms with Gasteiger partial charge in [-0.05, 0) is 41.5 Å². The molecule has 1 nitrogen and oxygen atoms in total. The van der Waals surface area contributed by atoms with Crippen molar-refractivity contribution in [3.63, 3.8) is 0 Å². The zero-order valence-electron chi connectivity index (χ0n) is 15.1. The molecule has 0 aliphatic carbocycles. The van der Waals surface area contributed by atoms with Gasteiger partial charge in [-0.25, -0.2) is 0 Å². The van der Waals surface area contributed by atoms with Gasteiger partial charge < -0.3 is 5.11 Å². The molecule has 3 heteroatoms. The van der Waals surface area contributed by atoms with Gasteiger partial charge >= 0.3 is 0 Å². The lowest BCUT2D eigenvalue weighted by molar-refractivity contribution is 0.123. The van der Waals surface area contributed by atoms with Crippen LogP contribution in [-0.2, 0) is 5.60 Å². The SMILES string of the molecule is OC(c1ccccc1)(c1ccccc1)c1ccccc1Sc1ccc(Br)cc1. The zero-order valence-corrected chi connectivity index (χ0v) is 17.5. The summed E-state index contributed by atoms with van der Waals surface area (Å²) in [4.78, 5) is 2.15. The molecule has 0 spiro atoms. The Hall–Kier alpha value is -2.33. The van der Waals surface area contributed by atoms with Crippen LogP contribution in [0.15, 0.2) is 123 Å². The summed E-state index contributed by atoms with van der Waals surface area (Å²) in [7, 11) is 0. The molecular formula is C25H19BrOS. The topological polar surface area (TPSA) is 20.2 Å². The number of hydrogen-bond acceptors (Lipinski definition) is 2. The Kier molecular flexibility index (Phi) is 5.67. The van der Waals surface area contributed by atoms with E-state index in [9.17, 15) is 5.11 Å². The summed E-state index contributed by atoms with van der Waals surface area (Å²) in [5, 5.41) is 12.1. The van der Waals surface area contributed by atoms with Gasteiger partial charge in [0.15, 0.2) is 0 Å². The van der Waals surface area contributed by atoms with E-state index in [1.807, 2.05) is 91.0 Å². The van der Waals surface area contributed by atoms with Gasteiger partial charge in [-0.1, -0.05) is 107 Å². The Bertz CT molecular complexity index is 1010. The average molecular weight is 447 g/mol. The Morgan fingerprint density at radius 2 is 1.11 bits per heavy atom. The average Bonchev–Trinajstić information content (AvgIpc) is 2.76. The van der Waals surface area contributed by atoms with Crippen LogP contribution in [0.5, 0.6) is 0 Å². The lowest BCUT2D eigenvalue weighted by atomic mass is 9.80. The number of halogens is 1. The van der Waals surface area contributed by atoms with Crippen molar-refractivity contribution >= 4 is 27.7 Å². The van der Waals surface area contributed by atoms with Gasteiger partial charge in [-0.15, -0.1) is 0 Å². The smallest absolute Gasteiger partial charge is 0.141 e. The highest BCUT2D eigenvalue weighted by molar-refractivity contribution is 9.10. The standard InChI is InChI=1S/C25H19BrOS/c26-21-15-17-22(18-16-21)28-24-14-8-7-13-23(24)25(27,19-9-3-1-4-10-19)20-11-5-2-6-12-20/h1-18,27H. The number of rotatable bonds is 5. The third-order valence-corrected chi connectivity index (χ3v) is 6.31. The molecule has 0 heterocycles. The van der Waals surface area contributed by atoms with Crippen molar-refractivity contribution in [2.75, 3.05) is 0 Å². The fourth-order valence-corrected chi connectivity index (χ4v) is 4.58. The van der Waals surface area contributed by atoms with E-state index >= 15 is 0 Å². The summed E-state index contributed by atoms with van der Waals surface area (Å²) in [5.74, 6) is 0. The van der Waals surface area contributed by atoms with Crippen LogP contribution in [0.2, 0.25) is 0 Å². The molecule has 138 valence electrons. The third-order valence-electron chi connectivity index (χ3n) is 4.70. The summed E-state index contributed by atoms with van der Waals surface area (Å²) in [6.45, 7) is 0. The summed E-state index contributed by atoms with van der Waals surface area (Å²) in [6.07, 6.45) is 0. The number of hydrogen-bond donors (Lipinski definition) is 1. The van der Waals surface area contributed by atoms with Crippen LogP contribution >= 0.6 is 27.7 Å². The minimum Gasteiger partial charge on any atom is -0.376 e. The van der Waals surface area contributed by atoms with E-state index in [1.165, 1.54) is 0 Å². The van der Waals surface area contributed by atoms with Crippen LogP contribution in [0.1, 0.15) is 16.7 Å². The first-order valence-corrected chi connectivity index (χ1v) is 10.7. The molecule has 0 saturated carbocycles. The predicted molar refractivity (Wildman–Crippen MR) is 120 cm³/mol. The van der Waals surface area contributed by atoms with Crippen molar-refractivity contribution in [1.82, 2.24) is 0 Å². The first-order valence-electron chi connectivity index (χ1n) is 9.04. The molecule has 1 N–H and O–H groups in total. The Balaban J connectivity index is 1.87. The fourth-order valence-electron chi connectivity index (χ4n) is 3.32. The van der Waals surface area contributed by atoms with Crippen LogP contribution in [0.25, 0.3) is 0 Å². The first-order chi connectivity index (χ1) is 13.7. The van der Waals surface area contributed by atoms with Gasteiger partial charge in [0.05, 0.1) is 0 Å². The number of aliphatic hydroxyl groups is 1. The zero-order chi connectivity index (χ0) is 19.4. The predicted octanol–water partition coefficient (Wildman–Crippen LogP) is 6.88. The van der Waals surface area contributed by atoms with Crippen molar-refractivity contribution in [3.05, 3.63) is 130 Å². The van der Waals surface area contributed by atoms with Gasteiger partial charge in [0.2, 0.25) is 0 Å². The van der Waals surface area contributed by atoms with E-state index in [2.05, 4.69) is 34.1 Å². The van der Waals surface area contributed by atoms with Gasteiger partial charge in [0.1, 0.15) is 5.60 Å². The molecular weight excluding hydrogens is 428 g/mol. The highest BCUT2D eigenvalue weighted by atomic mass is 79.9. The van der Waals surface area contributed by atoms with Crippen molar-refractivity contribution < 1.29 is 5.11 Å². The molecule has 0 bridgehead atoms. The van der Waals surface area contributed by atoms with Crippen LogP contribution in [0.3, 0.4) is 0 Å². The molecule has 0 aromatic heterocycles. The second-order valence-electron chi connectivity index (χ2n) is 6.49. The lowest BCUT2D eigenvalue weighted by Crippen LogP contribution is -2.29. The quantitative estimate of drug-likeness (QED) is 0.337. The molecule has 0 aliphatic heterocycles. The molecule has 4 aromatic carbocycles. The van der Waals surface area contributed by atoms with Gasteiger partial charge in [-0.2, -0.15) is 0 Å². The molecule has 0 aliphatic rings. The van der Waals surface area contributed by atoms with Gasteiger partial charge in [0, 0.05) is 19.8 Å². The highest BCUT2D eigenvalue weighted by Crippen LogP contribution is 2.42. The maximum atomic E-state index is 12.1. The maximum absolute atomic E-state index is 12.1. The van der Waals surface area contributed by atoms with E-state index in [0.29, 0.717) is 0 Å². The van der Waals surface area contributed by atoms with Gasteiger partial charge in [-0.3, -0.25) is 0 Å². The normalized spacial score (nSPS) is 11.4. The van der Waals surface area contributed by atoms with E-state index in [0.717, 1.165) is 31.0 Å². The van der Waals surface area contributed by atoms with Crippen LogP contribution in [-0.4, -0.2) is 5.11 Å². The largest absolute Gasteiger partial charge is 0.376 e. The molecule has 0 atom stereocenters. The number of benzene rings is 4. The van der Waals surface area contributed by atoms with E-state index in [-0.39, 0.29) is 0 Å². The first kappa shape index (κ1) is 19.0. The molecule has 0 radical (unpaired) electrons. The Morgan fingerprint density at radius 3 is 1.68 bits per heavy atom. The molecule has 4 rings (SSSR count). The van der Waals surface area contributed by atoms with Crippen LogP contribution in [0.4, 0.5) is 0 Å². The maximum Gasteiger partial charge on any atom is 0.141 e. The second-order valence-corrected chi connectivity index (χ2v) is 8.53. The fraction of sp³-hybridized carbons (Fsp3) is 0.0400. The highest BCUT2D eigenvalue weighted by Gasteiger charge is 2.35. The Labute approximate surface area is 178 Å². The lowest BCUT2D eigenvalue weighted by Gasteiger charge is -2.31. The summed E-state index contributed by atoms with van der Waals surface area (Å²) < 4.78 is 1.05. The molecule has 28 heavy (non-hydrogen) atoms. The van der Waals surface area contributed by atoms with Gasteiger partial charge in [0.25, 0.3) is 0 Å². The van der Waals surface area contributed by atoms with Crippen LogP contribution in [0, 0.1) is 0 Å². The molecule has 0 fully saturated rings. The van der Waals surface area contributed by atoms with Crippen LogP contribution < -0.4 is 0 Å². The third kappa shape index (κ3) is 3.79. The summed E-state index contributed by atoms with van der Waals surface area (Å²) in [5.41, 5.74) is 1.34. The minimum absolute atomic E-state index is 0.852. The monoisotopic (exact) mass is 446 g/mol. The minimum atomic E-state index is -1.23. The Morgan fingerprint density at radius 1 is 0.607 bits per heavy atom. The van der Waals surface area contributed by atoms with E-state index in [4.69, 9.17) is 0 Å². The van der Waals surface area contributed by atoms with Crippen molar-refractivity contribution in [2.45, 2.75) is 15.4 Å². The second kappa shape index (κ2) is 8.36. The van der Waals surface area contributed by atoms with E-state index < -0.39 is 5.60 Å². The van der Waals surface area contributed by atoms with Crippen molar-refractivity contribution in [2.24, 2.45) is 0 Å². The van der Waals surface area contributed by atoms with Crippen molar-refractivity contribution in [3.8, 4) is 0 Å². The van der Waals surface area contributed by atoms with Crippen molar-refractivity contribution in [1.29, 1.82) is 0 Å². The molecule has 0 saturated heterocycles. The molecule has 0 amide bonds.